The Labute approximate surface area is 77.8 Å². The Kier molecular flexibility index (Phi) is 7.35. The molecule has 4 heteroatoms. The lowest BCUT2D eigenvalue weighted by Gasteiger charge is -1.87. The number of halogens is 2. The molecule has 2 radical (unpaired) electrons. The predicted molar refractivity (Wildman–Crippen MR) is 49.0 cm³/mol. The summed E-state index contributed by atoms with van der Waals surface area (Å²) in [6, 6.07) is 5.70. The molecular formula is C6H8AlBClF. The van der Waals surface area contributed by atoms with Gasteiger partial charge in [-0.25, -0.2) is 4.39 Å². The first kappa shape index (κ1) is 12.7. The van der Waals surface area contributed by atoms with E-state index in [9.17, 15) is 4.39 Å². The van der Waals surface area contributed by atoms with Crippen LogP contribution in [-0.4, -0.2) is 25.2 Å². The monoisotopic (exact) mass is 172 g/mol. The number of hydrogen-bond donors (Lipinski definition) is 0. The van der Waals surface area contributed by atoms with Gasteiger partial charge >= 0.3 is 0 Å². The van der Waals surface area contributed by atoms with E-state index in [4.69, 9.17) is 7.85 Å². The molecule has 1 rings (SSSR count). The molecule has 0 aliphatic rings. The molecule has 1 aromatic carbocycles. The number of benzene rings is 1. The first-order valence-electron chi connectivity index (χ1n) is 2.30. The van der Waals surface area contributed by atoms with Gasteiger partial charge in [0.05, 0.1) is 0 Å². The fourth-order valence-electron chi connectivity index (χ4n) is 0.463. The maximum Gasteiger partial charge on any atom is 0.187 e. The van der Waals surface area contributed by atoms with E-state index in [0.717, 1.165) is 0 Å². The van der Waals surface area contributed by atoms with Gasteiger partial charge in [0.2, 0.25) is 0 Å². The molecule has 0 aromatic heterocycles. The smallest absolute Gasteiger partial charge is 0.187 e. The molecule has 0 unspecified atom stereocenters. The summed E-state index contributed by atoms with van der Waals surface area (Å²) in [5, 5.41) is 0. The van der Waals surface area contributed by atoms with Crippen LogP contribution in [0.4, 0.5) is 4.39 Å². The van der Waals surface area contributed by atoms with Crippen molar-refractivity contribution in [3.8, 4) is 0 Å². The van der Waals surface area contributed by atoms with Crippen molar-refractivity contribution in [2.24, 2.45) is 0 Å². The highest BCUT2D eigenvalue weighted by Crippen LogP contribution is 1.89. The van der Waals surface area contributed by atoms with Crippen molar-refractivity contribution in [3.05, 3.63) is 30.1 Å². The normalized spacial score (nSPS) is 7.30. The van der Waals surface area contributed by atoms with Crippen molar-refractivity contribution in [1.29, 1.82) is 0 Å². The third-order valence-electron chi connectivity index (χ3n) is 0.870. The highest BCUT2D eigenvalue weighted by Gasteiger charge is 1.83. The van der Waals surface area contributed by atoms with Crippen LogP contribution in [0.1, 0.15) is 0 Å². The van der Waals surface area contributed by atoms with Crippen LogP contribution in [0.25, 0.3) is 0 Å². The molecule has 0 nitrogen and oxygen atoms in total. The summed E-state index contributed by atoms with van der Waals surface area (Å²) in [6.45, 7) is 0. The number of hydrogen-bond acceptors (Lipinski definition) is 0. The van der Waals surface area contributed by atoms with Gasteiger partial charge in [0, 0.05) is 0 Å². The summed E-state index contributed by atoms with van der Waals surface area (Å²) < 4.78 is 12.0. The lowest BCUT2D eigenvalue weighted by molar-refractivity contribution is 0.628. The van der Waals surface area contributed by atoms with E-state index >= 15 is 0 Å². The molecule has 0 saturated carbocycles. The van der Waals surface area contributed by atoms with Crippen LogP contribution in [0.5, 0.6) is 0 Å². The van der Waals surface area contributed by atoms with E-state index in [1.165, 1.54) is 24.3 Å². The molecule has 0 heterocycles. The Bertz CT molecular complexity index is 157. The van der Waals surface area contributed by atoms with Crippen LogP contribution in [0.3, 0.4) is 0 Å². The second kappa shape index (κ2) is 5.79. The van der Waals surface area contributed by atoms with Crippen molar-refractivity contribution < 1.29 is 4.39 Å². The molecule has 0 atom stereocenters. The van der Waals surface area contributed by atoms with Crippen LogP contribution in [0.2, 0.25) is 0 Å². The summed E-state index contributed by atoms with van der Waals surface area (Å²) in [5.41, 5.74) is 0.589. The molecule has 0 aliphatic carbocycles. The summed E-state index contributed by atoms with van der Waals surface area (Å²) >= 11 is 0. The van der Waals surface area contributed by atoms with E-state index in [2.05, 4.69) is 0 Å². The average Bonchev–Trinajstić information content (AvgIpc) is 1.77. The summed E-state index contributed by atoms with van der Waals surface area (Å²) in [6.07, 6.45) is 0. The molecule has 0 aliphatic heterocycles. The topological polar surface area (TPSA) is 0 Å². The van der Waals surface area contributed by atoms with Gasteiger partial charge in [0.25, 0.3) is 0 Å². The molecule has 0 fully saturated rings. The van der Waals surface area contributed by atoms with Gasteiger partial charge in [-0.2, -0.15) is 0 Å². The SMILES string of the molecule is Cl.[AlH3].[B]c1ccc(F)cc1. The van der Waals surface area contributed by atoms with E-state index in [1.807, 2.05) is 0 Å². The van der Waals surface area contributed by atoms with Crippen LogP contribution in [-0.2, 0) is 0 Å². The quantitative estimate of drug-likeness (QED) is 0.478. The second-order valence-electron chi connectivity index (χ2n) is 1.55. The zero-order valence-corrected chi connectivity index (χ0v) is 5.49. The number of rotatable bonds is 0. The Balaban J connectivity index is 0. The molecular weight excluding hydrogens is 164 g/mol. The van der Waals surface area contributed by atoms with E-state index in [-0.39, 0.29) is 35.6 Å². The molecule has 1 aromatic rings. The fourth-order valence-corrected chi connectivity index (χ4v) is 0.463. The van der Waals surface area contributed by atoms with Crippen molar-refractivity contribution in [1.82, 2.24) is 0 Å². The van der Waals surface area contributed by atoms with Gasteiger partial charge in [-0.05, 0) is 12.1 Å². The van der Waals surface area contributed by atoms with Crippen LogP contribution in [0, 0.1) is 5.82 Å². The van der Waals surface area contributed by atoms with Crippen molar-refractivity contribution in [3.63, 3.8) is 0 Å². The Morgan fingerprint density at radius 3 is 1.80 bits per heavy atom. The first-order valence-corrected chi connectivity index (χ1v) is 2.30. The highest BCUT2D eigenvalue weighted by atomic mass is 35.5. The standard InChI is InChI=1S/C6H4BF.Al.ClH.3H/c7-5-1-3-6(8)4-2-5;;;;;/h1-4H;;1H;;;. The van der Waals surface area contributed by atoms with Crippen LogP contribution >= 0.6 is 12.4 Å². The molecule has 52 valence electrons. The minimum absolute atomic E-state index is 0. The van der Waals surface area contributed by atoms with E-state index in [1.54, 1.807) is 0 Å². The molecule has 0 saturated heterocycles. The second-order valence-corrected chi connectivity index (χ2v) is 1.55. The Morgan fingerprint density at radius 2 is 1.50 bits per heavy atom. The van der Waals surface area contributed by atoms with Gasteiger partial charge in [-0.3, -0.25) is 0 Å². The minimum Gasteiger partial charge on any atom is -0.207 e. The molecule has 0 N–H and O–H groups in total. The van der Waals surface area contributed by atoms with Gasteiger partial charge in [0.1, 0.15) is 13.7 Å². The van der Waals surface area contributed by atoms with Gasteiger partial charge < -0.3 is 0 Å². The fraction of sp³-hybridized carbons (Fsp3) is 0. The lowest BCUT2D eigenvalue weighted by Crippen LogP contribution is -1.98. The molecule has 10 heavy (non-hydrogen) atoms. The van der Waals surface area contributed by atoms with Crippen molar-refractivity contribution >= 4 is 43.1 Å². The minimum atomic E-state index is -0.251. The maximum atomic E-state index is 12.0. The molecule has 0 bridgehead atoms. The van der Waals surface area contributed by atoms with Crippen LogP contribution < -0.4 is 5.46 Å². The average molecular weight is 172 g/mol. The van der Waals surface area contributed by atoms with E-state index < -0.39 is 0 Å². The van der Waals surface area contributed by atoms with Crippen molar-refractivity contribution in [2.45, 2.75) is 0 Å². The summed E-state index contributed by atoms with van der Waals surface area (Å²) in [5.74, 6) is -0.251. The van der Waals surface area contributed by atoms with Gasteiger partial charge in [-0.15, -0.1) is 12.4 Å². The Hall–Kier alpha value is 0.0374. The zero-order valence-electron chi connectivity index (χ0n) is 4.67. The first-order chi connectivity index (χ1) is 3.79. The van der Waals surface area contributed by atoms with E-state index in [0.29, 0.717) is 5.46 Å². The Morgan fingerprint density at radius 1 is 1.10 bits per heavy atom. The third kappa shape index (κ3) is 3.95. The van der Waals surface area contributed by atoms with Crippen molar-refractivity contribution in [2.75, 3.05) is 0 Å². The van der Waals surface area contributed by atoms with Gasteiger partial charge in [0.15, 0.2) is 17.4 Å². The highest BCUT2D eigenvalue weighted by molar-refractivity contribution is 6.32. The predicted octanol–water partition coefficient (Wildman–Crippen LogP) is -0.143. The largest absolute Gasteiger partial charge is 0.207 e. The lowest BCUT2D eigenvalue weighted by atomic mass is 9.97. The third-order valence-corrected chi connectivity index (χ3v) is 0.870. The summed E-state index contributed by atoms with van der Waals surface area (Å²) in [7, 11) is 5.26. The summed E-state index contributed by atoms with van der Waals surface area (Å²) in [4.78, 5) is 0. The molecule has 0 amide bonds. The zero-order chi connectivity index (χ0) is 5.98. The maximum absolute atomic E-state index is 12.0. The van der Waals surface area contributed by atoms with Gasteiger partial charge in [-0.1, -0.05) is 17.6 Å². The van der Waals surface area contributed by atoms with Crippen LogP contribution in [0.15, 0.2) is 24.3 Å². The molecule has 0 spiro atoms.